The van der Waals surface area contributed by atoms with E-state index in [-0.39, 0.29) is 30.8 Å². The largest absolute Gasteiger partial charge is 0.469 e. The Morgan fingerprint density at radius 2 is 1.63 bits per heavy atom. The molecule has 0 radical (unpaired) electrons. The fourth-order valence-electron chi connectivity index (χ4n) is 4.06. The highest BCUT2D eigenvalue weighted by Gasteiger charge is 2.52. The van der Waals surface area contributed by atoms with Crippen molar-refractivity contribution in [1.29, 1.82) is 0 Å². The minimum Gasteiger partial charge on any atom is -0.469 e. The van der Waals surface area contributed by atoms with Gasteiger partial charge in [-0.3, -0.25) is 14.4 Å². The minimum absolute atomic E-state index is 0.0494. The van der Waals surface area contributed by atoms with Gasteiger partial charge >= 0.3 is 23.9 Å². The summed E-state index contributed by atoms with van der Waals surface area (Å²) in [6, 6.07) is 4.11. The molecule has 0 N–H and O–H groups in total. The van der Waals surface area contributed by atoms with Gasteiger partial charge in [0.1, 0.15) is 0 Å². The molecule has 194 valence electrons. The molecule has 12 heteroatoms. The number of hydrogen-bond acceptors (Lipinski definition) is 10. The van der Waals surface area contributed by atoms with Crippen LogP contribution in [0.4, 0.5) is 0 Å². The third-order valence-electron chi connectivity index (χ3n) is 5.50. The number of esters is 4. The summed E-state index contributed by atoms with van der Waals surface area (Å²) < 4.78 is 48.9. The van der Waals surface area contributed by atoms with Gasteiger partial charge in [0.15, 0.2) is 6.10 Å². The van der Waals surface area contributed by atoms with Gasteiger partial charge in [0, 0.05) is 19.9 Å². The molecule has 0 bridgehead atoms. The quantitative estimate of drug-likeness (QED) is 0.334. The number of carbonyl (C=O) groups excluding carboxylic acids is 4. The number of carbonyl (C=O) groups is 4. The second-order valence-electron chi connectivity index (χ2n) is 8.08. The van der Waals surface area contributed by atoms with E-state index in [1.165, 1.54) is 19.2 Å². The first-order valence-electron chi connectivity index (χ1n) is 11.1. The van der Waals surface area contributed by atoms with E-state index in [0.717, 1.165) is 23.7 Å². The number of ether oxygens (including phenoxy) is 4. The number of methoxy groups -OCH3 is 1. The normalized spacial score (nSPS) is 19.9. The van der Waals surface area contributed by atoms with Gasteiger partial charge in [-0.1, -0.05) is 17.7 Å². The van der Waals surface area contributed by atoms with Crippen molar-refractivity contribution in [2.45, 2.75) is 76.1 Å². The van der Waals surface area contributed by atoms with E-state index in [0.29, 0.717) is 0 Å². The highest BCUT2D eigenvalue weighted by molar-refractivity contribution is 7.89. The number of benzene rings is 1. The predicted octanol–water partition coefficient (Wildman–Crippen LogP) is 1.51. The van der Waals surface area contributed by atoms with E-state index in [1.807, 2.05) is 0 Å². The Morgan fingerprint density at radius 3 is 2.14 bits per heavy atom. The van der Waals surface area contributed by atoms with Crippen molar-refractivity contribution in [2.75, 3.05) is 13.7 Å². The van der Waals surface area contributed by atoms with Crippen molar-refractivity contribution in [3.63, 3.8) is 0 Å². The zero-order chi connectivity index (χ0) is 26.3. The maximum absolute atomic E-state index is 13.8. The number of aryl methyl sites for hydroxylation is 1. The summed E-state index contributed by atoms with van der Waals surface area (Å²) in [6.07, 6.45) is -3.17. The maximum Gasteiger partial charge on any atom is 0.351 e. The van der Waals surface area contributed by atoms with Crippen LogP contribution in [0.3, 0.4) is 0 Å². The maximum atomic E-state index is 13.8. The van der Waals surface area contributed by atoms with Gasteiger partial charge < -0.3 is 18.9 Å². The van der Waals surface area contributed by atoms with Gasteiger partial charge in [-0.2, -0.15) is 4.31 Å². The molecular weight excluding hydrogens is 482 g/mol. The Kier molecular flexibility index (Phi) is 9.78. The number of sulfonamides is 1. The predicted molar refractivity (Wildman–Crippen MR) is 121 cm³/mol. The van der Waals surface area contributed by atoms with E-state index >= 15 is 0 Å². The molecule has 1 aromatic rings. The lowest BCUT2D eigenvalue weighted by atomic mass is 10.0. The summed E-state index contributed by atoms with van der Waals surface area (Å²) in [5.74, 6) is -3.29. The smallest absolute Gasteiger partial charge is 0.351 e. The molecule has 4 atom stereocenters. The van der Waals surface area contributed by atoms with E-state index in [9.17, 15) is 27.6 Å². The van der Waals surface area contributed by atoms with Gasteiger partial charge in [0.2, 0.25) is 16.1 Å². The lowest BCUT2D eigenvalue weighted by Crippen LogP contribution is -2.55. The van der Waals surface area contributed by atoms with Crippen LogP contribution in [-0.2, 0) is 48.1 Å². The van der Waals surface area contributed by atoms with Crippen molar-refractivity contribution >= 4 is 33.9 Å². The van der Waals surface area contributed by atoms with Gasteiger partial charge in [-0.05, 0) is 38.8 Å². The standard InChI is InChI=1S/C23H31NO10S/c1-6-32-23(28)22(34-16(4)26)21(33-15(3)25)19-12-9-17(13-20(27)31-5)24(19)35(29,30)18-10-7-14(2)8-11-18/h7-8,10-11,17,19,21-22H,6,9,12-13H2,1-5H3/t17?,19-,21-,22+/m0/s1. The Labute approximate surface area is 204 Å². The molecule has 0 saturated carbocycles. The first-order chi connectivity index (χ1) is 16.4. The molecule has 1 fully saturated rings. The van der Waals surface area contributed by atoms with E-state index in [4.69, 9.17) is 18.9 Å². The fourth-order valence-corrected chi connectivity index (χ4v) is 5.94. The summed E-state index contributed by atoms with van der Waals surface area (Å²) >= 11 is 0. The molecule has 1 saturated heterocycles. The second-order valence-corrected chi connectivity index (χ2v) is 9.93. The van der Waals surface area contributed by atoms with Crippen molar-refractivity contribution in [3.8, 4) is 0 Å². The summed E-state index contributed by atoms with van der Waals surface area (Å²) in [5.41, 5.74) is 0.836. The zero-order valence-electron chi connectivity index (χ0n) is 20.4. The average Bonchev–Trinajstić information content (AvgIpc) is 3.20. The zero-order valence-corrected chi connectivity index (χ0v) is 21.2. The molecule has 1 unspecified atom stereocenters. The summed E-state index contributed by atoms with van der Waals surface area (Å²) in [7, 11) is -3.06. The first kappa shape index (κ1) is 28.2. The third-order valence-corrected chi connectivity index (χ3v) is 7.49. The minimum atomic E-state index is -4.25. The second kappa shape index (κ2) is 12.1. The van der Waals surface area contributed by atoms with Crippen LogP contribution in [0.1, 0.15) is 45.6 Å². The Morgan fingerprint density at radius 1 is 1.03 bits per heavy atom. The van der Waals surface area contributed by atoms with Crippen molar-refractivity contribution in [3.05, 3.63) is 29.8 Å². The SMILES string of the molecule is CCOC(=O)[C@H](OC(C)=O)[C@@H](OC(C)=O)[C@@H]1CCC(CC(=O)OC)N1S(=O)(=O)c1ccc(C)cc1. The van der Waals surface area contributed by atoms with Gasteiger partial charge in [0.05, 0.1) is 31.1 Å². The molecule has 11 nitrogen and oxygen atoms in total. The van der Waals surface area contributed by atoms with Gasteiger partial charge in [-0.15, -0.1) is 0 Å². The molecule has 0 aromatic heterocycles. The molecule has 0 spiro atoms. The van der Waals surface area contributed by atoms with Crippen LogP contribution >= 0.6 is 0 Å². The first-order valence-corrected chi connectivity index (χ1v) is 12.5. The van der Waals surface area contributed by atoms with Crippen LogP contribution in [0.15, 0.2) is 29.2 Å². The fraction of sp³-hybridized carbons (Fsp3) is 0.565. The third kappa shape index (κ3) is 7.01. The lowest BCUT2D eigenvalue weighted by Gasteiger charge is -2.35. The van der Waals surface area contributed by atoms with Crippen molar-refractivity contribution in [1.82, 2.24) is 4.31 Å². The molecule has 0 amide bonds. The Bertz CT molecular complexity index is 1040. The van der Waals surface area contributed by atoms with Crippen molar-refractivity contribution < 1.29 is 46.5 Å². The Hall–Kier alpha value is -2.99. The van der Waals surface area contributed by atoms with Crippen LogP contribution in [0.5, 0.6) is 0 Å². The monoisotopic (exact) mass is 513 g/mol. The summed E-state index contributed by atoms with van der Waals surface area (Å²) in [4.78, 5) is 48.5. The molecule has 1 aliphatic heterocycles. The topological polar surface area (TPSA) is 143 Å². The van der Waals surface area contributed by atoms with E-state index in [1.54, 1.807) is 26.0 Å². The highest BCUT2D eigenvalue weighted by Crippen LogP contribution is 2.37. The van der Waals surface area contributed by atoms with Gasteiger partial charge in [-0.25, -0.2) is 13.2 Å². The number of nitrogens with zero attached hydrogens (tertiary/aromatic N) is 1. The molecular formula is C23H31NO10S. The summed E-state index contributed by atoms with van der Waals surface area (Å²) in [5, 5.41) is 0. The average molecular weight is 514 g/mol. The molecule has 1 heterocycles. The molecule has 1 aromatic carbocycles. The highest BCUT2D eigenvalue weighted by atomic mass is 32.2. The van der Waals surface area contributed by atoms with Gasteiger partial charge in [0.25, 0.3) is 0 Å². The van der Waals surface area contributed by atoms with Crippen LogP contribution in [0.25, 0.3) is 0 Å². The van der Waals surface area contributed by atoms with Crippen LogP contribution in [0.2, 0.25) is 0 Å². The Balaban J connectivity index is 2.63. The molecule has 35 heavy (non-hydrogen) atoms. The number of hydrogen-bond donors (Lipinski definition) is 0. The molecule has 0 aliphatic carbocycles. The molecule has 1 aliphatic rings. The van der Waals surface area contributed by atoms with E-state index < -0.39 is 58.2 Å². The van der Waals surface area contributed by atoms with Crippen LogP contribution in [-0.4, -0.2) is 74.6 Å². The summed E-state index contributed by atoms with van der Waals surface area (Å²) in [6.45, 7) is 5.44. The lowest BCUT2D eigenvalue weighted by molar-refractivity contribution is -0.184. The van der Waals surface area contributed by atoms with Crippen LogP contribution in [0, 0.1) is 6.92 Å². The van der Waals surface area contributed by atoms with Crippen LogP contribution < -0.4 is 0 Å². The number of rotatable bonds is 10. The van der Waals surface area contributed by atoms with Crippen molar-refractivity contribution in [2.24, 2.45) is 0 Å². The molecule has 2 rings (SSSR count). The van der Waals surface area contributed by atoms with E-state index in [2.05, 4.69) is 0 Å².